The van der Waals surface area contributed by atoms with Crippen LogP contribution in [0.5, 0.6) is 5.75 Å². The van der Waals surface area contributed by atoms with Gasteiger partial charge in [0.15, 0.2) is 0 Å². The van der Waals surface area contributed by atoms with Crippen molar-refractivity contribution in [1.82, 2.24) is 0 Å². The zero-order valence-electron chi connectivity index (χ0n) is 14.0. The quantitative estimate of drug-likeness (QED) is 0.521. The number of aryl methyl sites for hydroxylation is 1. The van der Waals surface area contributed by atoms with E-state index in [1.54, 1.807) is 12.1 Å². The summed E-state index contributed by atoms with van der Waals surface area (Å²) in [6.07, 6.45) is 0. The van der Waals surface area contributed by atoms with Crippen molar-refractivity contribution in [3.63, 3.8) is 0 Å². The highest BCUT2D eigenvalue weighted by molar-refractivity contribution is 6.24. The second-order valence-electron chi connectivity index (χ2n) is 5.90. The van der Waals surface area contributed by atoms with E-state index in [-0.39, 0.29) is 11.7 Å². The molecule has 0 atom stereocenters. The third-order valence-electron chi connectivity index (χ3n) is 4.03. The van der Waals surface area contributed by atoms with E-state index in [2.05, 4.69) is 11.9 Å². The van der Waals surface area contributed by atoms with Gasteiger partial charge in [0, 0.05) is 5.57 Å². The van der Waals surface area contributed by atoms with E-state index in [1.165, 1.54) is 0 Å². The van der Waals surface area contributed by atoms with E-state index in [9.17, 15) is 9.90 Å². The predicted octanol–water partition coefficient (Wildman–Crippen LogP) is 5.02. The van der Waals surface area contributed by atoms with Gasteiger partial charge in [0.05, 0.1) is 5.69 Å². The van der Waals surface area contributed by atoms with Gasteiger partial charge >= 0.3 is 0 Å². The summed E-state index contributed by atoms with van der Waals surface area (Å²) in [4.78, 5) is 12.4. The average molecular weight is 329 g/mol. The predicted molar refractivity (Wildman–Crippen MR) is 102 cm³/mol. The molecule has 25 heavy (non-hydrogen) atoms. The van der Waals surface area contributed by atoms with Crippen LogP contribution in [0.1, 0.15) is 11.1 Å². The zero-order chi connectivity index (χ0) is 17.8. The molecule has 3 aromatic carbocycles. The first-order valence-corrected chi connectivity index (χ1v) is 8.00. The van der Waals surface area contributed by atoms with E-state index in [4.69, 9.17) is 0 Å². The molecular weight excluding hydrogens is 310 g/mol. The Morgan fingerprint density at radius 3 is 2.24 bits per heavy atom. The molecule has 0 aliphatic carbocycles. The van der Waals surface area contributed by atoms with Crippen LogP contribution < -0.4 is 5.32 Å². The Bertz CT molecular complexity index is 913. The standard InChI is InChI=1S/C22H19NO2/c1-15-8-10-17(11-9-15)16(2)22(25)23-20-13-12-19(14-21(20)24)18-6-4-3-5-7-18/h3-14,24H,2H2,1H3,(H,23,25). The van der Waals surface area contributed by atoms with Crippen LogP contribution in [-0.2, 0) is 4.79 Å². The van der Waals surface area contributed by atoms with Gasteiger partial charge in [0.1, 0.15) is 5.75 Å². The summed E-state index contributed by atoms with van der Waals surface area (Å²) in [5.41, 5.74) is 4.47. The molecule has 0 radical (unpaired) electrons. The molecule has 0 aliphatic rings. The average Bonchev–Trinajstić information content (AvgIpc) is 2.64. The Labute approximate surface area is 147 Å². The summed E-state index contributed by atoms with van der Waals surface area (Å²) in [5.74, 6) is -0.321. The monoisotopic (exact) mass is 329 g/mol. The summed E-state index contributed by atoms with van der Waals surface area (Å²) < 4.78 is 0. The van der Waals surface area contributed by atoms with Crippen LogP contribution in [0, 0.1) is 6.92 Å². The third-order valence-corrected chi connectivity index (χ3v) is 4.03. The van der Waals surface area contributed by atoms with Crippen LogP contribution in [-0.4, -0.2) is 11.0 Å². The van der Waals surface area contributed by atoms with Crippen LogP contribution in [0.15, 0.2) is 79.4 Å². The molecule has 0 unspecified atom stereocenters. The molecule has 3 rings (SSSR count). The van der Waals surface area contributed by atoms with Gasteiger partial charge in [-0.1, -0.05) is 72.8 Å². The smallest absolute Gasteiger partial charge is 0.255 e. The molecule has 124 valence electrons. The van der Waals surface area contributed by atoms with Crippen molar-refractivity contribution in [2.45, 2.75) is 6.92 Å². The zero-order valence-corrected chi connectivity index (χ0v) is 14.0. The number of aromatic hydroxyl groups is 1. The van der Waals surface area contributed by atoms with Gasteiger partial charge in [0.2, 0.25) is 0 Å². The van der Waals surface area contributed by atoms with Gasteiger partial charge in [-0.2, -0.15) is 0 Å². The number of anilines is 1. The third kappa shape index (κ3) is 3.78. The molecule has 3 aromatic rings. The largest absolute Gasteiger partial charge is 0.506 e. The summed E-state index contributed by atoms with van der Waals surface area (Å²) >= 11 is 0. The van der Waals surface area contributed by atoms with E-state index in [0.717, 1.165) is 22.3 Å². The molecule has 2 N–H and O–H groups in total. The SMILES string of the molecule is C=C(C(=O)Nc1ccc(-c2ccccc2)cc1O)c1ccc(C)cc1. The van der Waals surface area contributed by atoms with Crippen LogP contribution in [0.25, 0.3) is 16.7 Å². The van der Waals surface area contributed by atoms with Crippen molar-refractivity contribution in [3.8, 4) is 16.9 Å². The van der Waals surface area contributed by atoms with Gasteiger partial charge in [0.25, 0.3) is 5.91 Å². The minimum absolute atomic E-state index is 0.0198. The lowest BCUT2D eigenvalue weighted by molar-refractivity contribution is -0.111. The van der Waals surface area contributed by atoms with E-state index in [1.807, 2.05) is 67.6 Å². The fourth-order valence-electron chi connectivity index (χ4n) is 2.53. The van der Waals surface area contributed by atoms with E-state index < -0.39 is 0 Å². The Morgan fingerprint density at radius 2 is 1.60 bits per heavy atom. The highest BCUT2D eigenvalue weighted by atomic mass is 16.3. The van der Waals surface area contributed by atoms with Crippen LogP contribution in [0.4, 0.5) is 5.69 Å². The minimum Gasteiger partial charge on any atom is -0.506 e. The van der Waals surface area contributed by atoms with Crippen molar-refractivity contribution in [2.75, 3.05) is 5.32 Å². The number of nitrogens with one attached hydrogen (secondary N) is 1. The maximum absolute atomic E-state index is 12.4. The summed E-state index contributed by atoms with van der Waals surface area (Å²) in [6.45, 7) is 5.84. The number of amides is 1. The molecule has 0 spiro atoms. The van der Waals surface area contributed by atoms with E-state index >= 15 is 0 Å². The normalized spacial score (nSPS) is 10.3. The Balaban J connectivity index is 1.77. The minimum atomic E-state index is -0.341. The van der Waals surface area contributed by atoms with Crippen molar-refractivity contribution in [3.05, 3.63) is 90.5 Å². The Morgan fingerprint density at radius 1 is 0.920 bits per heavy atom. The number of benzene rings is 3. The summed E-state index contributed by atoms with van der Waals surface area (Å²) in [6, 6.07) is 22.5. The van der Waals surface area contributed by atoms with Gasteiger partial charge in [-0.15, -0.1) is 0 Å². The lowest BCUT2D eigenvalue weighted by Gasteiger charge is -2.11. The number of rotatable bonds is 4. The molecule has 3 heteroatoms. The van der Waals surface area contributed by atoms with E-state index in [0.29, 0.717) is 11.3 Å². The number of phenolic OH excluding ortho intramolecular Hbond substituents is 1. The number of phenols is 1. The first-order chi connectivity index (χ1) is 12.0. The molecule has 1 amide bonds. The number of carbonyl (C=O) groups excluding carboxylic acids is 1. The second kappa shape index (κ2) is 7.05. The number of hydrogen-bond donors (Lipinski definition) is 2. The maximum atomic E-state index is 12.4. The molecular formula is C22H19NO2. The molecule has 0 aliphatic heterocycles. The van der Waals surface area contributed by atoms with Crippen LogP contribution >= 0.6 is 0 Å². The summed E-state index contributed by atoms with van der Waals surface area (Å²) in [7, 11) is 0. The highest BCUT2D eigenvalue weighted by Crippen LogP contribution is 2.30. The second-order valence-corrected chi connectivity index (χ2v) is 5.90. The van der Waals surface area contributed by atoms with Crippen molar-refractivity contribution in [1.29, 1.82) is 0 Å². The topological polar surface area (TPSA) is 49.3 Å². The highest BCUT2D eigenvalue weighted by Gasteiger charge is 2.12. The maximum Gasteiger partial charge on any atom is 0.255 e. The molecule has 0 aromatic heterocycles. The van der Waals surface area contributed by atoms with Crippen molar-refractivity contribution >= 4 is 17.2 Å². The summed E-state index contributed by atoms with van der Waals surface area (Å²) in [5, 5.41) is 13.0. The number of hydrogen-bond acceptors (Lipinski definition) is 2. The molecule has 0 saturated carbocycles. The van der Waals surface area contributed by atoms with Crippen molar-refractivity contribution < 1.29 is 9.90 Å². The lowest BCUT2D eigenvalue weighted by Crippen LogP contribution is -2.13. The van der Waals surface area contributed by atoms with Gasteiger partial charge in [-0.05, 0) is 35.7 Å². The number of carbonyl (C=O) groups is 1. The van der Waals surface area contributed by atoms with Gasteiger partial charge in [-0.3, -0.25) is 4.79 Å². The molecule has 0 bridgehead atoms. The Hall–Kier alpha value is -3.33. The van der Waals surface area contributed by atoms with Crippen molar-refractivity contribution in [2.24, 2.45) is 0 Å². The fraction of sp³-hybridized carbons (Fsp3) is 0.0455. The first kappa shape index (κ1) is 16.5. The molecule has 0 saturated heterocycles. The van der Waals surface area contributed by atoms with Gasteiger partial charge in [-0.25, -0.2) is 0 Å². The van der Waals surface area contributed by atoms with Gasteiger partial charge < -0.3 is 10.4 Å². The molecule has 0 heterocycles. The molecule has 0 fully saturated rings. The fourth-order valence-corrected chi connectivity index (χ4v) is 2.53. The van der Waals surface area contributed by atoms with Crippen LogP contribution in [0.2, 0.25) is 0 Å². The lowest BCUT2D eigenvalue weighted by atomic mass is 10.0. The first-order valence-electron chi connectivity index (χ1n) is 8.00. The molecule has 3 nitrogen and oxygen atoms in total. The Kier molecular flexibility index (Phi) is 4.66. The van der Waals surface area contributed by atoms with Crippen LogP contribution in [0.3, 0.4) is 0 Å².